The number of piperidine rings is 1. The molecule has 3 rings (SSSR count). The number of nitrogens with zero attached hydrogens (tertiary/aromatic N) is 1. The fraction of sp³-hybridized carbons (Fsp3) is 0.500. The van der Waals surface area contributed by atoms with E-state index in [1.165, 1.54) is 0 Å². The molecule has 1 aromatic heterocycles. The Labute approximate surface area is 148 Å². The van der Waals surface area contributed by atoms with Gasteiger partial charge in [-0.05, 0) is 44.2 Å². The van der Waals surface area contributed by atoms with E-state index in [4.69, 9.17) is 4.74 Å². The summed E-state index contributed by atoms with van der Waals surface area (Å²) in [4.78, 5) is 30.3. The van der Waals surface area contributed by atoms with Crippen molar-refractivity contribution in [2.75, 3.05) is 13.2 Å². The molecule has 1 N–H and O–H groups in total. The number of ether oxygens (including phenoxy) is 1. The lowest BCUT2D eigenvalue weighted by molar-refractivity contribution is -0.144. The predicted octanol–water partition coefficient (Wildman–Crippen LogP) is 3.68. The fourth-order valence-electron chi connectivity index (χ4n) is 3.79. The highest BCUT2D eigenvalue weighted by Gasteiger charge is 2.31. The minimum absolute atomic E-state index is 0.00190. The van der Waals surface area contributed by atoms with Crippen LogP contribution < -0.4 is 0 Å². The number of aryl methyl sites for hydroxylation is 1. The number of aromatic amines is 1. The number of hydrogen-bond acceptors (Lipinski definition) is 3. The zero-order valence-corrected chi connectivity index (χ0v) is 15.0. The molecule has 2 aromatic rings. The smallest absolute Gasteiger partial charge is 0.307 e. The summed E-state index contributed by atoms with van der Waals surface area (Å²) in [5, 5.41) is 1.10. The molecule has 1 aromatic carbocycles. The van der Waals surface area contributed by atoms with Gasteiger partial charge >= 0.3 is 5.97 Å². The largest absolute Gasteiger partial charge is 0.466 e. The van der Waals surface area contributed by atoms with Gasteiger partial charge in [0.15, 0.2) is 0 Å². The van der Waals surface area contributed by atoms with Crippen LogP contribution in [0.4, 0.5) is 0 Å². The molecule has 1 atom stereocenters. The number of nitrogens with one attached hydrogen (secondary N) is 1. The first-order chi connectivity index (χ1) is 12.2. The summed E-state index contributed by atoms with van der Waals surface area (Å²) >= 11 is 0. The number of benzene rings is 1. The number of esters is 1. The lowest BCUT2D eigenvalue weighted by Gasteiger charge is -2.35. The molecule has 0 aliphatic carbocycles. The summed E-state index contributed by atoms with van der Waals surface area (Å²) in [5.74, 6) is -0.221. The number of aromatic nitrogens is 1. The average Bonchev–Trinajstić information content (AvgIpc) is 3.00. The molecule has 1 saturated heterocycles. The lowest BCUT2D eigenvalue weighted by Crippen LogP contribution is -2.45. The van der Waals surface area contributed by atoms with Gasteiger partial charge in [0.2, 0.25) is 0 Å². The van der Waals surface area contributed by atoms with Gasteiger partial charge in [0.05, 0.1) is 13.0 Å². The Morgan fingerprint density at radius 3 is 2.80 bits per heavy atom. The van der Waals surface area contributed by atoms with E-state index < -0.39 is 0 Å². The third kappa shape index (κ3) is 3.55. The summed E-state index contributed by atoms with van der Waals surface area (Å²) in [6, 6.07) is 7.94. The zero-order valence-electron chi connectivity index (χ0n) is 15.0. The van der Waals surface area contributed by atoms with Gasteiger partial charge in [-0.25, -0.2) is 0 Å². The van der Waals surface area contributed by atoms with Crippen LogP contribution in [0.2, 0.25) is 0 Å². The Bertz CT molecular complexity index is 765. The van der Waals surface area contributed by atoms with Gasteiger partial charge in [0, 0.05) is 23.5 Å². The van der Waals surface area contributed by atoms with Crippen molar-refractivity contribution in [2.45, 2.75) is 52.0 Å². The summed E-state index contributed by atoms with van der Waals surface area (Å²) in [7, 11) is 0. The highest BCUT2D eigenvalue weighted by molar-refractivity contribution is 6.01. The van der Waals surface area contributed by atoms with Gasteiger partial charge in [0.1, 0.15) is 5.69 Å². The maximum atomic E-state index is 13.2. The zero-order chi connectivity index (χ0) is 17.8. The van der Waals surface area contributed by atoms with Gasteiger partial charge < -0.3 is 14.6 Å². The van der Waals surface area contributed by atoms with E-state index in [1.54, 1.807) is 6.92 Å². The van der Waals surface area contributed by atoms with Gasteiger partial charge in [-0.3, -0.25) is 9.59 Å². The molecule has 1 amide bonds. The number of H-pyrrole nitrogens is 1. The van der Waals surface area contributed by atoms with Crippen LogP contribution in [-0.2, 0) is 16.0 Å². The third-order valence-electron chi connectivity index (χ3n) is 4.98. The second-order valence-corrected chi connectivity index (χ2v) is 6.53. The normalized spacial score (nSPS) is 17.7. The summed E-state index contributed by atoms with van der Waals surface area (Å²) in [6.07, 6.45) is 3.95. The van der Waals surface area contributed by atoms with E-state index in [-0.39, 0.29) is 24.3 Å². The van der Waals surface area contributed by atoms with Crippen LogP contribution in [0, 0.1) is 0 Å². The molecule has 1 fully saturated rings. The Hall–Kier alpha value is -2.30. The molecule has 0 saturated carbocycles. The van der Waals surface area contributed by atoms with Gasteiger partial charge in [-0.15, -0.1) is 0 Å². The predicted molar refractivity (Wildman–Crippen MR) is 97.6 cm³/mol. The molecular formula is C20H26N2O3. The summed E-state index contributed by atoms with van der Waals surface area (Å²) < 4.78 is 5.09. The Morgan fingerprint density at radius 1 is 1.24 bits per heavy atom. The molecule has 25 heavy (non-hydrogen) atoms. The van der Waals surface area contributed by atoms with Crippen LogP contribution in [0.15, 0.2) is 24.3 Å². The van der Waals surface area contributed by atoms with Crippen molar-refractivity contribution in [1.82, 2.24) is 9.88 Å². The minimum Gasteiger partial charge on any atom is -0.466 e. The lowest BCUT2D eigenvalue weighted by atomic mass is 9.98. The number of likely N-dealkylation sites (tertiary alicyclic amines) is 1. The highest BCUT2D eigenvalue weighted by atomic mass is 16.5. The van der Waals surface area contributed by atoms with E-state index in [1.807, 2.05) is 29.2 Å². The van der Waals surface area contributed by atoms with Crippen molar-refractivity contribution in [3.8, 4) is 0 Å². The molecule has 134 valence electrons. The maximum absolute atomic E-state index is 13.2. The number of amides is 1. The van der Waals surface area contributed by atoms with Crippen molar-refractivity contribution in [2.24, 2.45) is 0 Å². The Balaban J connectivity index is 1.88. The number of carbonyl (C=O) groups is 2. The molecule has 0 unspecified atom stereocenters. The molecule has 2 heterocycles. The monoisotopic (exact) mass is 342 g/mol. The molecule has 0 radical (unpaired) electrons. The van der Waals surface area contributed by atoms with E-state index in [9.17, 15) is 9.59 Å². The summed E-state index contributed by atoms with van der Waals surface area (Å²) in [5.41, 5.74) is 2.71. The Morgan fingerprint density at radius 2 is 2.04 bits per heavy atom. The quantitative estimate of drug-likeness (QED) is 0.843. The van der Waals surface area contributed by atoms with Crippen molar-refractivity contribution in [3.63, 3.8) is 0 Å². The number of carbonyl (C=O) groups excluding carboxylic acids is 2. The summed E-state index contributed by atoms with van der Waals surface area (Å²) in [6.45, 7) is 4.95. The molecule has 1 aliphatic heterocycles. The molecule has 5 nitrogen and oxygen atoms in total. The van der Waals surface area contributed by atoms with Crippen LogP contribution in [0.25, 0.3) is 10.9 Å². The minimum atomic E-state index is -0.223. The topological polar surface area (TPSA) is 62.4 Å². The second kappa shape index (κ2) is 7.72. The first kappa shape index (κ1) is 17.5. The van der Waals surface area contributed by atoms with Crippen molar-refractivity contribution < 1.29 is 14.3 Å². The molecular weight excluding hydrogens is 316 g/mol. The molecule has 0 spiro atoms. The second-order valence-electron chi connectivity index (χ2n) is 6.53. The number of para-hydroxylation sites is 1. The van der Waals surface area contributed by atoms with Crippen molar-refractivity contribution >= 4 is 22.8 Å². The van der Waals surface area contributed by atoms with E-state index >= 15 is 0 Å². The number of rotatable bonds is 5. The highest BCUT2D eigenvalue weighted by Crippen LogP contribution is 2.27. The number of hydrogen-bond donors (Lipinski definition) is 1. The SMILES string of the molecule is CCOC(=O)C[C@@H]1CCCCN1C(=O)c1[nH]c2ccccc2c1CC. The van der Waals surface area contributed by atoms with Crippen molar-refractivity contribution in [1.29, 1.82) is 0 Å². The maximum Gasteiger partial charge on any atom is 0.307 e. The first-order valence-electron chi connectivity index (χ1n) is 9.21. The van der Waals surface area contributed by atoms with Crippen LogP contribution >= 0.6 is 0 Å². The number of fused-ring (bicyclic) bond motifs is 1. The van der Waals surface area contributed by atoms with Gasteiger partial charge in [-0.1, -0.05) is 25.1 Å². The van der Waals surface area contributed by atoms with Crippen LogP contribution in [0.3, 0.4) is 0 Å². The van der Waals surface area contributed by atoms with E-state index in [0.29, 0.717) is 18.8 Å². The van der Waals surface area contributed by atoms with Crippen LogP contribution in [0.1, 0.15) is 55.6 Å². The molecule has 5 heteroatoms. The van der Waals surface area contributed by atoms with E-state index in [2.05, 4.69) is 11.9 Å². The standard InChI is InChI=1S/C20H26N2O3/c1-3-15-16-10-5-6-11-17(16)21-19(15)20(24)22-12-8-7-9-14(22)13-18(23)25-4-2/h5-6,10-11,14,21H,3-4,7-9,12-13H2,1-2H3/t14-/m0/s1. The molecule has 0 bridgehead atoms. The Kier molecular flexibility index (Phi) is 5.41. The molecule has 1 aliphatic rings. The van der Waals surface area contributed by atoms with E-state index in [0.717, 1.165) is 42.1 Å². The van der Waals surface area contributed by atoms with Crippen molar-refractivity contribution in [3.05, 3.63) is 35.5 Å². The van der Waals surface area contributed by atoms with Crippen LogP contribution in [0.5, 0.6) is 0 Å². The van der Waals surface area contributed by atoms with Gasteiger partial charge in [0.25, 0.3) is 5.91 Å². The first-order valence-corrected chi connectivity index (χ1v) is 9.21. The van der Waals surface area contributed by atoms with Crippen LogP contribution in [-0.4, -0.2) is 41.0 Å². The third-order valence-corrected chi connectivity index (χ3v) is 4.98. The average molecular weight is 342 g/mol. The van der Waals surface area contributed by atoms with Gasteiger partial charge in [-0.2, -0.15) is 0 Å². The fourth-order valence-corrected chi connectivity index (χ4v) is 3.79.